The lowest BCUT2D eigenvalue weighted by atomic mass is 10.0. The summed E-state index contributed by atoms with van der Waals surface area (Å²) in [6, 6.07) is 5.99. The van der Waals surface area contributed by atoms with E-state index in [0.717, 1.165) is 17.5 Å². The Morgan fingerprint density at radius 2 is 2.07 bits per heavy atom. The largest absolute Gasteiger partial charge is 0.352 e. The van der Waals surface area contributed by atoms with E-state index < -0.39 is 0 Å². The van der Waals surface area contributed by atoms with Crippen molar-refractivity contribution < 1.29 is 4.79 Å². The summed E-state index contributed by atoms with van der Waals surface area (Å²) in [6.07, 6.45) is 1.01. The molecule has 1 amide bonds. The van der Waals surface area contributed by atoms with E-state index in [2.05, 4.69) is 18.3 Å². The van der Waals surface area contributed by atoms with Gasteiger partial charge < -0.3 is 5.32 Å². The maximum Gasteiger partial charge on any atom is 0.251 e. The van der Waals surface area contributed by atoms with Crippen molar-refractivity contribution in [2.24, 2.45) is 0 Å². The molecule has 1 rings (SSSR count). The van der Waals surface area contributed by atoms with Crippen molar-refractivity contribution in [3.63, 3.8) is 0 Å². The fourth-order valence-electron chi connectivity index (χ4n) is 1.46. The van der Waals surface area contributed by atoms with E-state index in [0.29, 0.717) is 6.54 Å². The van der Waals surface area contributed by atoms with Crippen LogP contribution in [0, 0.1) is 6.92 Å². The second kappa shape index (κ2) is 4.80. The molecule has 0 aromatic heterocycles. The number of carbonyl (C=O) groups is 1. The number of amides is 1. The quantitative estimate of drug-likeness (QED) is 0.780. The summed E-state index contributed by atoms with van der Waals surface area (Å²) in [5.74, 6) is 0.0210. The summed E-state index contributed by atoms with van der Waals surface area (Å²) in [4.78, 5) is 11.6. The van der Waals surface area contributed by atoms with Crippen LogP contribution in [0.15, 0.2) is 18.2 Å². The van der Waals surface area contributed by atoms with E-state index in [1.807, 2.05) is 26.0 Å². The zero-order valence-electron chi connectivity index (χ0n) is 9.05. The van der Waals surface area contributed by atoms with Gasteiger partial charge in [-0.25, -0.2) is 0 Å². The van der Waals surface area contributed by atoms with Gasteiger partial charge in [0, 0.05) is 12.1 Å². The van der Waals surface area contributed by atoms with E-state index >= 15 is 0 Å². The highest BCUT2D eigenvalue weighted by molar-refractivity contribution is 5.95. The van der Waals surface area contributed by atoms with Crippen LogP contribution in [0.5, 0.6) is 0 Å². The summed E-state index contributed by atoms with van der Waals surface area (Å²) in [7, 11) is 0. The molecular weight excluding hydrogens is 174 g/mol. The number of aryl methyl sites for hydroxylation is 2. The Morgan fingerprint density at radius 3 is 2.57 bits per heavy atom. The molecule has 0 saturated heterocycles. The molecular formula is C12H17NO. The minimum absolute atomic E-state index is 0.0210. The van der Waals surface area contributed by atoms with Gasteiger partial charge in [0.25, 0.3) is 5.91 Å². The van der Waals surface area contributed by atoms with Gasteiger partial charge in [0.2, 0.25) is 0 Å². The van der Waals surface area contributed by atoms with Gasteiger partial charge in [-0.2, -0.15) is 0 Å². The van der Waals surface area contributed by atoms with Crippen LogP contribution in [0.1, 0.15) is 35.3 Å². The van der Waals surface area contributed by atoms with Gasteiger partial charge in [0.05, 0.1) is 0 Å². The molecule has 2 nitrogen and oxygen atoms in total. The zero-order chi connectivity index (χ0) is 10.6. The fourth-order valence-corrected chi connectivity index (χ4v) is 1.46. The van der Waals surface area contributed by atoms with Crippen LogP contribution in [0.3, 0.4) is 0 Å². The van der Waals surface area contributed by atoms with Crippen molar-refractivity contribution in [2.45, 2.75) is 27.2 Å². The minimum atomic E-state index is 0.0210. The van der Waals surface area contributed by atoms with Gasteiger partial charge in [-0.3, -0.25) is 4.79 Å². The van der Waals surface area contributed by atoms with Crippen LogP contribution in [-0.2, 0) is 6.42 Å². The molecule has 1 N–H and O–H groups in total. The molecule has 0 unspecified atom stereocenters. The van der Waals surface area contributed by atoms with Crippen molar-refractivity contribution in [3.8, 4) is 0 Å². The van der Waals surface area contributed by atoms with Crippen LogP contribution in [0.2, 0.25) is 0 Å². The van der Waals surface area contributed by atoms with Crippen LogP contribution >= 0.6 is 0 Å². The van der Waals surface area contributed by atoms with Crippen molar-refractivity contribution in [3.05, 3.63) is 34.9 Å². The smallest absolute Gasteiger partial charge is 0.251 e. The third kappa shape index (κ3) is 2.34. The van der Waals surface area contributed by atoms with Crippen LogP contribution < -0.4 is 5.32 Å². The molecule has 14 heavy (non-hydrogen) atoms. The predicted molar refractivity (Wildman–Crippen MR) is 58.6 cm³/mol. The average Bonchev–Trinajstić information content (AvgIpc) is 2.17. The Morgan fingerprint density at radius 1 is 1.36 bits per heavy atom. The van der Waals surface area contributed by atoms with E-state index in [9.17, 15) is 4.79 Å². The lowest BCUT2D eigenvalue weighted by Crippen LogP contribution is -2.23. The maximum absolute atomic E-state index is 11.6. The predicted octanol–water partition coefficient (Wildman–Crippen LogP) is 2.31. The highest BCUT2D eigenvalue weighted by Gasteiger charge is 2.07. The third-order valence-electron chi connectivity index (χ3n) is 2.28. The molecule has 0 aliphatic rings. The van der Waals surface area contributed by atoms with Crippen LogP contribution in [0.4, 0.5) is 0 Å². The summed E-state index contributed by atoms with van der Waals surface area (Å²) < 4.78 is 0. The number of carbonyl (C=O) groups excluding carboxylic acids is 1. The van der Waals surface area contributed by atoms with Gasteiger partial charge in [0.15, 0.2) is 0 Å². The van der Waals surface area contributed by atoms with Crippen molar-refractivity contribution in [2.75, 3.05) is 6.54 Å². The first-order valence-electron chi connectivity index (χ1n) is 5.06. The van der Waals surface area contributed by atoms with Crippen molar-refractivity contribution >= 4 is 5.91 Å². The van der Waals surface area contributed by atoms with Gasteiger partial charge in [-0.1, -0.05) is 19.1 Å². The minimum Gasteiger partial charge on any atom is -0.352 e. The molecule has 0 aliphatic heterocycles. The first-order chi connectivity index (χ1) is 6.69. The molecule has 0 aliphatic carbocycles. The highest BCUT2D eigenvalue weighted by Crippen LogP contribution is 2.11. The van der Waals surface area contributed by atoms with Gasteiger partial charge in [-0.15, -0.1) is 0 Å². The Labute approximate surface area is 85.3 Å². The zero-order valence-corrected chi connectivity index (χ0v) is 9.05. The van der Waals surface area contributed by atoms with Crippen LogP contribution in [-0.4, -0.2) is 12.5 Å². The van der Waals surface area contributed by atoms with E-state index in [1.54, 1.807) is 0 Å². The SMILES string of the molecule is CCNC(=O)c1ccc(CC)cc1C. The Bertz CT molecular complexity index is 331. The first-order valence-corrected chi connectivity index (χ1v) is 5.06. The topological polar surface area (TPSA) is 29.1 Å². The molecule has 1 aromatic rings. The summed E-state index contributed by atoms with van der Waals surface area (Å²) >= 11 is 0. The second-order valence-electron chi connectivity index (χ2n) is 3.36. The monoisotopic (exact) mass is 191 g/mol. The summed E-state index contributed by atoms with van der Waals surface area (Å²) in [5, 5.41) is 2.80. The summed E-state index contributed by atoms with van der Waals surface area (Å²) in [5.41, 5.74) is 3.11. The average molecular weight is 191 g/mol. The van der Waals surface area contributed by atoms with Gasteiger partial charge in [0.1, 0.15) is 0 Å². The standard InChI is InChI=1S/C12H17NO/c1-4-10-6-7-11(9(3)8-10)12(14)13-5-2/h6-8H,4-5H2,1-3H3,(H,13,14). The number of benzene rings is 1. The van der Waals surface area contributed by atoms with Crippen LogP contribution in [0.25, 0.3) is 0 Å². The molecule has 0 bridgehead atoms. The number of nitrogens with one attached hydrogen (secondary N) is 1. The van der Waals surface area contributed by atoms with E-state index in [-0.39, 0.29) is 5.91 Å². The van der Waals surface area contributed by atoms with E-state index in [1.165, 1.54) is 5.56 Å². The number of hydrogen-bond donors (Lipinski definition) is 1. The molecule has 0 heterocycles. The highest BCUT2D eigenvalue weighted by atomic mass is 16.1. The molecule has 0 radical (unpaired) electrons. The molecule has 0 spiro atoms. The molecule has 0 fully saturated rings. The van der Waals surface area contributed by atoms with E-state index in [4.69, 9.17) is 0 Å². The third-order valence-corrected chi connectivity index (χ3v) is 2.28. The first kappa shape index (κ1) is 10.8. The van der Waals surface area contributed by atoms with Crippen molar-refractivity contribution in [1.82, 2.24) is 5.32 Å². The number of rotatable bonds is 3. The van der Waals surface area contributed by atoms with Gasteiger partial charge >= 0.3 is 0 Å². The molecule has 1 aromatic carbocycles. The molecule has 2 heteroatoms. The lowest BCUT2D eigenvalue weighted by molar-refractivity contribution is 0.0955. The molecule has 0 saturated carbocycles. The fraction of sp³-hybridized carbons (Fsp3) is 0.417. The Balaban J connectivity index is 2.94. The lowest BCUT2D eigenvalue weighted by Gasteiger charge is -2.07. The number of hydrogen-bond acceptors (Lipinski definition) is 1. The Hall–Kier alpha value is -1.31. The molecule has 0 atom stereocenters. The Kier molecular flexibility index (Phi) is 3.69. The van der Waals surface area contributed by atoms with Gasteiger partial charge in [-0.05, 0) is 37.5 Å². The maximum atomic E-state index is 11.6. The van der Waals surface area contributed by atoms with Crippen molar-refractivity contribution in [1.29, 1.82) is 0 Å². The molecule has 76 valence electrons. The normalized spacial score (nSPS) is 9.93. The summed E-state index contributed by atoms with van der Waals surface area (Å²) in [6.45, 7) is 6.69. The second-order valence-corrected chi connectivity index (χ2v) is 3.36.